The van der Waals surface area contributed by atoms with E-state index in [2.05, 4.69) is 15.5 Å². The highest BCUT2D eigenvalue weighted by Crippen LogP contribution is 2.65. The number of nitrogens with one attached hydrogen (secondary N) is 2. The number of aliphatic carboxylic acids is 2. The summed E-state index contributed by atoms with van der Waals surface area (Å²) in [5.41, 5.74) is -0.286. The van der Waals surface area contributed by atoms with E-state index in [-0.39, 0.29) is 50.6 Å². The van der Waals surface area contributed by atoms with E-state index in [1.807, 2.05) is 19.2 Å². The standard InChI is InChI=1S/C30H37N3O12/c1-33-13-11-29-24-16-3-5-18(42-2)25(24)45-26(29)19(9-10-30(29,41)20(33)15-16)44-27(39)17(4-7-22(35)36)32-28(40)43-14-12-31-21(34)6-8-23(37)38/h3,5,9,17,20,26,41H,4,6-8,10-15H2,1-2H3,(H,31,34)(H,32,40)(H,35,36)(H,37,38)/t17?,20-,26-,29-,30+/m0/s1. The normalized spacial score (nSPS) is 26.3. The summed E-state index contributed by atoms with van der Waals surface area (Å²) in [6.07, 6.45) is -0.336. The number of hydrogen-bond acceptors (Lipinski definition) is 11. The van der Waals surface area contributed by atoms with Gasteiger partial charge in [0.05, 0.1) is 31.1 Å². The van der Waals surface area contributed by atoms with Gasteiger partial charge in [0, 0.05) is 30.9 Å². The third-order valence-electron chi connectivity index (χ3n) is 9.22. The second-order valence-electron chi connectivity index (χ2n) is 11.7. The van der Waals surface area contributed by atoms with Gasteiger partial charge in [-0.05, 0) is 50.6 Å². The van der Waals surface area contributed by atoms with E-state index in [9.17, 15) is 34.2 Å². The van der Waals surface area contributed by atoms with Gasteiger partial charge in [-0.3, -0.25) is 14.4 Å². The van der Waals surface area contributed by atoms with Crippen LogP contribution in [0.1, 0.15) is 49.7 Å². The molecule has 1 aromatic rings. The molecule has 4 aliphatic rings. The number of carbonyl (C=O) groups excluding carboxylic acids is 3. The third-order valence-corrected chi connectivity index (χ3v) is 9.22. The van der Waals surface area contributed by atoms with Gasteiger partial charge in [-0.25, -0.2) is 9.59 Å². The molecule has 2 aliphatic carbocycles. The average molecular weight is 632 g/mol. The zero-order valence-corrected chi connectivity index (χ0v) is 25.0. The fourth-order valence-corrected chi connectivity index (χ4v) is 7.12. The number of likely N-dealkylation sites (tertiary alicyclic amines) is 1. The molecule has 1 saturated heterocycles. The van der Waals surface area contributed by atoms with Gasteiger partial charge in [-0.1, -0.05) is 6.07 Å². The predicted octanol–water partition coefficient (Wildman–Crippen LogP) is 0.457. The number of methoxy groups -OCH3 is 1. The van der Waals surface area contributed by atoms with Crippen LogP contribution in [-0.4, -0.2) is 108 Å². The van der Waals surface area contributed by atoms with Crippen molar-refractivity contribution in [2.45, 2.75) is 74.1 Å². The minimum atomic E-state index is -1.40. The van der Waals surface area contributed by atoms with Crippen molar-refractivity contribution in [3.8, 4) is 11.5 Å². The van der Waals surface area contributed by atoms with Crippen LogP contribution in [0.5, 0.6) is 11.5 Å². The lowest BCUT2D eigenvalue weighted by Crippen LogP contribution is -2.74. The van der Waals surface area contributed by atoms with E-state index >= 15 is 0 Å². The first-order valence-electron chi connectivity index (χ1n) is 14.8. The molecule has 2 aliphatic heterocycles. The van der Waals surface area contributed by atoms with Gasteiger partial charge >= 0.3 is 24.0 Å². The largest absolute Gasteiger partial charge is 0.493 e. The quantitative estimate of drug-likeness (QED) is 0.148. The molecule has 1 fully saturated rings. The van der Waals surface area contributed by atoms with Crippen molar-refractivity contribution in [3.63, 3.8) is 0 Å². The second-order valence-corrected chi connectivity index (χ2v) is 11.7. The maximum Gasteiger partial charge on any atom is 0.407 e. The number of esters is 1. The molecule has 15 heteroatoms. The van der Waals surface area contributed by atoms with E-state index < -0.39 is 59.5 Å². The first-order valence-corrected chi connectivity index (χ1v) is 14.8. The molecule has 0 radical (unpaired) electrons. The van der Waals surface area contributed by atoms with Crippen molar-refractivity contribution in [1.82, 2.24) is 15.5 Å². The summed E-state index contributed by atoms with van der Waals surface area (Å²) < 4.78 is 22.9. The second kappa shape index (κ2) is 12.6. The molecule has 45 heavy (non-hydrogen) atoms. The molecule has 1 aromatic carbocycles. The molecular formula is C30H37N3O12. The van der Waals surface area contributed by atoms with Crippen molar-refractivity contribution in [1.29, 1.82) is 0 Å². The number of alkyl carbamates (subject to hydrolysis) is 1. The van der Waals surface area contributed by atoms with E-state index in [0.29, 0.717) is 30.9 Å². The van der Waals surface area contributed by atoms with Crippen LogP contribution >= 0.6 is 0 Å². The number of amides is 2. The number of likely N-dealkylation sites (N-methyl/N-ethyl adjacent to an activating group) is 1. The van der Waals surface area contributed by atoms with Crippen LogP contribution in [0.2, 0.25) is 0 Å². The van der Waals surface area contributed by atoms with Gasteiger partial charge in [0.25, 0.3) is 0 Å². The van der Waals surface area contributed by atoms with E-state index in [0.717, 1.165) is 11.1 Å². The molecular weight excluding hydrogens is 594 g/mol. The molecule has 5 rings (SSSR count). The lowest BCUT2D eigenvalue weighted by atomic mass is 9.50. The van der Waals surface area contributed by atoms with E-state index in [1.165, 1.54) is 7.11 Å². The third kappa shape index (κ3) is 5.77. The first kappa shape index (κ1) is 32.0. The van der Waals surface area contributed by atoms with Gasteiger partial charge in [-0.15, -0.1) is 0 Å². The first-order chi connectivity index (χ1) is 21.4. The van der Waals surface area contributed by atoms with Crippen molar-refractivity contribution in [2.75, 3.05) is 33.9 Å². The van der Waals surface area contributed by atoms with Crippen LogP contribution in [0.15, 0.2) is 24.0 Å². The number of hydrogen-bond donors (Lipinski definition) is 5. The highest BCUT2D eigenvalue weighted by molar-refractivity contribution is 5.83. The fourth-order valence-electron chi connectivity index (χ4n) is 7.12. The number of carboxylic acids is 2. The fraction of sp³-hybridized carbons (Fsp3) is 0.567. The van der Waals surface area contributed by atoms with Gasteiger partial charge in [0.2, 0.25) is 5.91 Å². The maximum atomic E-state index is 13.5. The summed E-state index contributed by atoms with van der Waals surface area (Å²) in [6, 6.07) is 2.18. The molecule has 5 atom stereocenters. The Morgan fingerprint density at radius 2 is 1.89 bits per heavy atom. The Morgan fingerprint density at radius 1 is 1.13 bits per heavy atom. The summed E-state index contributed by atoms with van der Waals surface area (Å²) in [7, 11) is 3.50. The smallest absolute Gasteiger partial charge is 0.407 e. The number of carbonyl (C=O) groups is 5. The van der Waals surface area contributed by atoms with Crippen LogP contribution in [0.4, 0.5) is 4.79 Å². The SMILES string of the molecule is COc1ccc2c3c1O[C@H]1C(OC(=O)C(CCC(=O)O)NC(=O)OCCNC(=O)CCC(=O)O)=CC[C@@]4(O)[C@H](C2)N(C)CC[C@]314. The number of piperidine rings is 1. The van der Waals surface area contributed by atoms with Crippen molar-refractivity contribution < 1.29 is 58.2 Å². The monoisotopic (exact) mass is 631 g/mol. The van der Waals surface area contributed by atoms with Crippen molar-refractivity contribution in [2.24, 2.45) is 0 Å². The molecule has 244 valence electrons. The minimum absolute atomic E-state index is 0.102. The number of carboxylic acid groups (broad SMARTS) is 2. The van der Waals surface area contributed by atoms with Crippen molar-refractivity contribution >= 4 is 29.9 Å². The number of rotatable bonds is 13. The lowest BCUT2D eigenvalue weighted by Gasteiger charge is -2.61. The molecule has 1 unspecified atom stereocenters. The number of aliphatic hydroxyl groups is 1. The van der Waals surface area contributed by atoms with Gasteiger partial charge in [0.1, 0.15) is 18.4 Å². The molecule has 5 N–H and O–H groups in total. The summed E-state index contributed by atoms with van der Waals surface area (Å²) in [5, 5.41) is 34.9. The van der Waals surface area contributed by atoms with Crippen LogP contribution in [0.25, 0.3) is 0 Å². The molecule has 2 heterocycles. The van der Waals surface area contributed by atoms with Crippen LogP contribution < -0.4 is 20.1 Å². The van der Waals surface area contributed by atoms with Crippen molar-refractivity contribution in [3.05, 3.63) is 35.1 Å². The summed E-state index contributed by atoms with van der Waals surface area (Å²) in [6.45, 7) is 0.277. The van der Waals surface area contributed by atoms with Gasteiger partial charge in [-0.2, -0.15) is 0 Å². The number of ether oxygens (including phenoxy) is 4. The Labute approximate surface area is 258 Å². The Bertz CT molecular complexity index is 1430. The lowest BCUT2D eigenvalue weighted by molar-refractivity contribution is -0.170. The van der Waals surface area contributed by atoms with Crippen LogP contribution in [0.3, 0.4) is 0 Å². The van der Waals surface area contributed by atoms with Crippen LogP contribution in [0, 0.1) is 0 Å². The maximum absolute atomic E-state index is 13.5. The molecule has 1 spiro atoms. The minimum Gasteiger partial charge on any atom is -0.493 e. The van der Waals surface area contributed by atoms with Gasteiger partial charge < -0.3 is 49.8 Å². The molecule has 2 amide bonds. The summed E-state index contributed by atoms with van der Waals surface area (Å²) in [5.74, 6) is -2.65. The molecule has 2 bridgehead atoms. The highest BCUT2D eigenvalue weighted by atomic mass is 16.6. The molecule has 15 nitrogen and oxygen atoms in total. The number of nitrogens with zero attached hydrogens (tertiary/aromatic N) is 1. The zero-order valence-electron chi connectivity index (χ0n) is 25.0. The topological polar surface area (TPSA) is 210 Å². The number of benzene rings is 1. The Hall–Kier alpha value is -4.37. The predicted molar refractivity (Wildman–Crippen MR) is 153 cm³/mol. The Morgan fingerprint density at radius 3 is 2.60 bits per heavy atom. The Kier molecular flexibility index (Phi) is 8.94. The summed E-state index contributed by atoms with van der Waals surface area (Å²) in [4.78, 5) is 61.6. The highest BCUT2D eigenvalue weighted by Gasteiger charge is 2.72. The molecule has 0 aromatic heterocycles. The van der Waals surface area contributed by atoms with E-state index in [1.54, 1.807) is 6.08 Å². The zero-order chi connectivity index (χ0) is 32.5. The molecule has 0 saturated carbocycles. The van der Waals surface area contributed by atoms with E-state index in [4.69, 9.17) is 24.1 Å². The Balaban J connectivity index is 1.31. The van der Waals surface area contributed by atoms with Gasteiger partial charge in [0.15, 0.2) is 17.6 Å². The summed E-state index contributed by atoms with van der Waals surface area (Å²) >= 11 is 0. The van der Waals surface area contributed by atoms with Crippen LogP contribution in [-0.2, 0) is 40.5 Å². The average Bonchev–Trinajstić information content (AvgIpc) is 3.35.